The number of ether oxygens (including phenoxy) is 1. The fourth-order valence-electron chi connectivity index (χ4n) is 2.24. The summed E-state index contributed by atoms with van der Waals surface area (Å²) in [6.45, 7) is 0. The summed E-state index contributed by atoms with van der Waals surface area (Å²) in [7, 11) is 1.60. The topological polar surface area (TPSA) is 61.3 Å². The van der Waals surface area contributed by atoms with Crippen LogP contribution < -0.4 is 10.5 Å². The molecule has 4 nitrogen and oxygen atoms in total. The Morgan fingerprint density at radius 2 is 1.71 bits per heavy atom. The van der Waals surface area contributed by atoms with Crippen LogP contribution in [0.1, 0.15) is 0 Å². The molecule has 2 aromatic carbocycles. The van der Waals surface area contributed by atoms with Gasteiger partial charge < -0.3 is 15.0 Å². The van der Waals surface area contributed by atoms with Crippen molar-refractivity contribution in [2.24, 2.45) is 0 Å². The number of nitrogen functional groups attached to an aromatic ring is 1. The van der Waals surface area contributed by atoms with Crippen LogP contribution in [0.4, 0.5) is 5.82 Å². The van der Waals surface area contributed by atoms with E-state index in [0.717, 1.165) is 11.1 Å². The zero-order valence-corrected chi connectivity index (χ0v) is 12.1. The second-order valence-electron chi connectivity index (χ2n) is 4.45. The van der Waals surface area contributed by atoms with Gasteiger partial charge in [0.05, 0.1) is 18.2 Å². The standard InChI is InChI=1S/C16H13ClN2O2/c1-20-13-9-5-3-7-11(13)15-14(16(18)19-21-15)10-6-2-4-8-12(10)17/h2-9H,1H3,(H2,18,19). The zero-order valence-electron chi connectivity index (χ0n) is 11.3. The van der Waals surface area contributed by atoms with Crippen molar-refractivity contribution in [2.45, 2.75) is 0 Å². The van der Waals surface area contributed by atoms with Crippen LogP contribution in [0.3, 0.4) is 0 Å². The highest BCUT2D eigenvalue weighted by molar-refractivity contribution is 6.33. The molecule has 5 heteroatoms. The van der Waals surface area contributed by atoms with Gasteiger partial charge in [0, 0.05) is 10.6 Å². The number of rotatable bonds is 3. The Labute approximate surface area is 127 Å². The molecule has 0 amide bonds. The van der Waals surface area contributed by atoms with Gasteiger partial charge in [0.15, 0.2) is 11.6 Å². The largest absolute Gasteiger partial charge is 0.496 e. The molecule has 0 fully saturated rings. The number of anilines is 1. The molecule has 2 N–H and O–H groups in total. The molecule has 1 heterocycles. The lowest BCUT2D eigenvalue weighted by molar-refractivity contribution is 0.407. The van der Waals surface area contributed by atoms with Gasteiger partial charge in [0.2, 0.25) is 0 Å². The summed E-state index contributed by atoms with van der Waals surface area (Å²) in [5.74, 6) is 1.52. The minimum absolute atomic E-state index is 0.295. The van der Waals surface area contributed by atoms with Crippen molar-refractivity contribution < 1.29 is 9.26 Å². The molecule has 0 spiro atoms. The summed E-state index contributed by atoms with van der Waals surface area (Å²) >= 11 is 6.26. The number of benzene rings is 2. The van der Waals surface area contributed by atoms with Crippen molar-refractivity contribution >= 4 is 17.4 Å². The van der Waals surface area contributed by atoms with Crippen molar-refractivity contribution in [2.75, 3.05) is 12.8 Å². The number of para-hydroxylation sites is 1. The number of halogens is 1. The van der Waals surface area contributed by atoms with E-state index in [1.165, 1.54) is 0 Å². The van der Waals surface area contributed by atoms with E-state index in [2.05, 4.69) is 5.16 Å². The molecule has 0 unspecified atom stereocenters. The number of aromatic nitrogens is 1. The lowest BCUT2D eigenvalue weighted by Gasteiger charge is -2.08. The molecule has 0 saturated heterocycles. The molecule has 3 aromatic rings. The van der Waals surface area contributed by atoms with Crippen LogP contribution in [0, 0.1) is 0 Å². The first-order valence-corrected chi connectivity index (χ1v) is 6.73. The maximum absolute atomic E-state index is 6.26. The molecule has 1 aromatic heterocycles. The van der Waals surface area contributed by atoms with E-state index in [1.807, 2.05) is 42.5 Å². The van der Waals surface area contributed by atoms with Crippen molar-refractivity contribution in [1.82, 2.24) is 5.16 Å². The van der Waals surface area contributed by atoms with Gasteiger partial charge in [0.25, 0.3) is 0 Å². The highest BCUT2D eigenvalue weighted by atomic mass is 35.5. The number of hydrogen-bond donors (Lipinski definition) is 1. The van der Waals surface area contributed by atoms with Crippen LogP contribution in [-0.2, 0) is 0 Å². The van der Waals surface area contributed by atoms with Crippen LogP contribution in [0.5, 0.6) is 5.75 Å². The maximum atomic E-state index is 6.26. The molecule has 0 aliphatic rings. The third kappa shape index (κ3) is 2.34. The number of nitrogens with zero attached hydrogens (tertiary/aromatic N) is 1. The average molecular weight is 301 g/mol. The highest BCUT2D eigenvalue weighted by Gasteiger charge is 2.21. The Morgan fingerprint density at radius 3 is 2.43 bits per heavy atom. The van der Waals surface area contributed by atoms with Gasteiger partial charge in [-0.3, -0.25) is 0 Å². The van der Waals surface area contributed by atoms with Crippen LogP contribution >= 0.6 is 11.6 Å². The number of hydrogen-bond acceptors (Lipinski definition) is 4. The summed E-state index contributed by atoms with van der Waals surface area (Å²) in [6, 6.07) is 14.9. The summed E-state index contributed by atoms with van der Waals surface area (Å²) < 4.78 is 10.8. The quantitative estimate of drug-likeness (QED) is 0.785. The van der Waals surface area contributed by atoms with E-state index >= 15 is 0 Å². The summed E-state index contributed by atoms with van der Waals surface area (Å²) in [5.41, 5.74) is 8.19. The molecule has 21 heavy (non-hydrogen) atoms. The van der Waals surface area contributed by atoms with Gasteiger partial charge in [-0.15, -0.1) is 0 Å². The van der Waals surface area contributed by atoms with Gasteiger partial charge in [-0.05, 0) is 18.2 Å². The Bertz CT molecular complexity index is 783. The first kappa shape index (κ1) is 13.5. The summed E-state index contributed by atoms with van der Waals surface area (Å²) in [4.78, 5) is 0. The maximum Gasteiger partial charge on any atom is 0.180 e. The molecule has 0 bridgehead atoms. The predicted molar refractivity (Wildman–Crippen MR) is 83.3 cm³/mol. The first-order valence-electron chi connectivity index (χ1n) is 6.36. The van der Waals surface area contributed by atoms with E-state index in [-0.39, 0.29) is 0 Å². The van der Waals surface area contributed by atoms with E-state index in [4.69, 9.17) is 26.6 Å². The molecule has 0 saturated carbocycles. The highest BCUT2D eigenvalue weighted by Crippen LogP contribution is 2.42. The van der Waals surface area contributed by atoms with E-state index in [0.29, 0.717) is 27.9 Å². The molecule has 0 aliphatic heterocycles. The van der Waals surface area contributed by atoms with Crippen LogP contribution in [-0.4, -0.2) is 12.3 Å². The smallest absolute Gasteiger partial charge is 0.180 e. The van der Waals surface area contributed by atoms with Crippen molar-refractivity contribution in [1.29, 1.82) is 0 Å². The summed E-state index contributed by atoms with van der Waals surface area (Å²) in [6.07, 6.45) is 0. The first-order chi connectivity index (χ1) is 10.2. The zero-order chi connectivity index (χ0) is 14.8. The second-order valence-corrected chi connectivity index (χ2v) is 4.86. The van der Waals surface area contributed by atoms with Gasteiger partial charge >= 0.3 is 0 Å². The number of methoxy groups -OCH3 is 1. The Hall–Kier alpha value is -2.46. The molecule has 106 valence electrons. The van der Waals surface area contributed by atoms with Crippen molar-refractivity contribution in [3.8, 4) is 28.2 Å². The Balaban J connectivity index is 2.25. The molecular formula is C16H13ClN2O2. The minimum Gasteiger partial charge on any atom is -0.496 e. The van der Waals surface area contributed by atoms with E-state index < -0.39 is 0 Å². The predicted octanol–water partition coefficient (Wildman–Crippen LogP) is 4.25. The lowest BCUT2D eigenvalue weighted by atomic mass is 10.0. The fourth-order valence-corrected chi connectivity index (χ4v) is 2.47. The normalized spacial score (nSPS) is 10.6. The monoisotopic (exact) mass is 300 g/mol. The fraction of sp³-hybridized carbons (Fsp3) is 0.0625. The van der Waals surface area contributed by atoms with Crippen molar-refractivity contribution in [3.05, 3.63) is 53.6 Å². The van der Waals surface area contributed by atoms with E-state index in [1.54, 1.807) is 13.2 Å². The molecule has 0 radical (unpaired) electrons. The average Bonchev–Trinajstić information content (AvgIpc) is 2.89. The second kappa shape index (κ2) is 5.50. The molecular weight excluding hydrogens is 288 g/mol. The Kier molecular flexibility index (Phi) is 3.54. The minimum atomic E-state index is 0.295. The molecule has 0 atom stereocenters. The van der Waals surface area contributed by atoms with Crippen LogP contribution in [0.2, 0.25) is 5.02 Å². The Morgan fingerprint density at radius 1 is 1.05 bits per heavy atom. The van der Waals surface area contributed by atoms with Crippen LogP contribution in [0.15, 0.2) is 53.1 Å². The van der Waals surface area contributed by atoms with Gasteiger partial charge in [-0.25, -0.2) is 0 Å². The van der Waals surface area contributed by atoms with Crippen molar-refractivity contribution in [3.63, 3.8) is 0 Å². The van der Waals surface area contributed by atoms with Gasteiger partial charge in [-0.1, -0.05) is 47.1 Å². The molecule has 3 rings (SSSR count). The third-order valence-electron chi connectivity index (χ3n) is 3.21. The summed E-state index contributed by atoms with van der Waals surface area (Å²) in [5, 5.41) is 4.46. The van der Waals surface area contributed by atoms with E-state index in [9.17, 15) is 0 Å². The lowest BCUT2D eigenvalue weighted by Crippen LogP contribution is -1.91. The van der Waals surface area contributed by atoms with Gasteiger partial charge in [0.1, 0.15) is 5.75 Å². The molecule has 0 aliphatic carbocycles. The third-order valence-corrected chi connectivity index (χ3v) is 3.54. The van der Waals surface area contributed by atoms with Crippen LogP contribution in [0.25, 0.3) is 22.5 Å². The van der Waals surface area contributed by atoms with Gasteiger partial charge in [-0.2, -0.15) is 0 Å². The number of nitrogens with two attached hydrogens (primary N) is 1. The SMILES string of the molecule is COc1ccccc1-c1onc(N)c1-c1ccccc1Cl.